The van der Waals surface area contributed by atoms with Crippen molar-refractivity contribution in [3.05, 3.63) is 62.9 Å². The van der Waals surface area contributed by atoms with E-state index in [2.05, 4.69) is 31.2 Å². The quantitative estimate of drug-likeness (QED) is 0.521. The van der Waals surface area contributed by atoms with Crippen LogP contribution in [0.2, 0.25) is 0 Å². The average Bonchev–Trinajstić information content (AvgIpc) is 3.36. The van der Waals surface area contributed by atoms with Gasteiger partial charge in [0.2, 0.25) is 0 Å². The van der Waals surface area contributed by atoms with Crippen molar-refractivity contribution in [1.82, 2.24) is 9.55 Å². The summed E-state index contributed by atoms with van der Waals surface area (Å²) in [5.74, 6) is -0.829. The van der Waals surface area contributed by atoms with Crippen molar-refractivity contribution in [1.29, 1.82) is 0 Å². The molecule has 0 bridgehead atoms. The van der Waals surface area contributed by atoms with Gasteiger partial charge >= 0.3 is 0 Å². The van der Waals surface area contributed by atoms with Crippen molar-refractivity contribution in [2.24, 2.45) is 0 Å². The van der Waals surface area contributed by atoms with E-state index in [1.807, 2.05) is 24.5 Å². The molecule has 4 heterocycles. The summed E-state index contributed by atoms with van der Waals surface area (Å²) in [6.07, 6.45) is 2.69. The molecule has 5 heteroatoms. The number of para-hydroxylation sites is 1. The molecule has 0 radical (unpaired) electrons. The van der Waals surface area contributed by atoms with Gasteiger partial charge in [-0.05, 0) is 31.0 Å². The predicted octanol–water partition coefficient (Wildman–Crippen LogP) is 4.30. The molecule has 0 unspecified atom stereocenters. The molecule has 1 saturated heterocycles. The monoisotopic (exact) mass is 390 g/mol. The van der Waals surface area contributed by atoms with Gasteiger partial charge in [-0.25, -0.2) is 4.98 Å². The molecular formula is C24H26N2O3. The van der Waals surface area contributed by atoms with Gasteiger partial charge in [0.1, 0.15) is 0 Å². The topological polar surface area (TPSA) is 53.4 Å². The second-order valence-corrected chi connectivity index (χ2v) is 7.95. The molecule has 5 rings (SSSR count). The molecule has 0 spiro atoms. The van der Waals surface area contributed by atoms with E-state index >= 15 is 0 Å². The lowest BCUT2D eigenvalue weighted by Gasteiger charge is -2.28. The van der Waals surface area contributed by atoms with Crippen molar-refractivity contribution in [3.63, 3.8) is 0 Å². The summed E-state index contributed by atoms with van der Waals surface area (Å²) in [7, 11) is 0. The van der Waals surface area contributed by atoms with Gasteiger partial charge in [0.15, 0.2) is 5.79 Å². The number of aromatic nitrogens is 2. The minimum absolute atomic E-state index is 0.0222. The van der Waals surface area contributed by atoms with Gasteiger partial charge in [0, 0.05) is 28.5 Å². The van der Waals surface area contributed by atoms with Crippen molar-refractivity contribution >= 4 is 10.9 Å². The lowest BCUT2D eigenvalue weighted by Crippen LogP contribution is -2.32. The predicted molar refractivity (Wildman–Crippen MR) is 113 cm³/mol. The van der Waals surface area contributed by atoms with Gasteiger partial charge < -0.3 is 14.0 Å². The second-order valence-electron chi connectivity index (χ2n) is 7.95. The third kappa shape index (κ3) is 2.61. The molecule has 2 aliphatic rings. The van der Waals surface area contributed by atoms with Crippen LogP contribution in [0.5, 0.6) is 0 Å². The Balaban J connectivity index is 1.79. The maximum atomic E-state index is 13.4. The van der Waals surface area contributed by atoms with Crippen LogP contribution >= 0.6 is 0 Å². The SMILES string of the molecule is CCCc1c2c(nc3ccccc13)-c1cc(C3(CC)OCCO3)c(C)c(=O)n1C2. The first-order valence-corrected chi connectivity index (χ1v) is 10.5. The highest BCUT2D eigenvalue weighted by Crippen LogP contribution is 2.41. The molecule has 0 saturated carbocycles. The van der Waals surface area contributed by atoms with Crippen molar-refractivity contribution in [2.75, 3.05) is 13.2 Å². The number of aryl methyl sites for hydroxylation is 1. The van der Waals surface area contributed by atoms with E-state index < -0.39 is 5.79 Å². The van der Waals surface area contributed by atoms with Crippen LogP contribution in [0, 0.1) is 6.92 Å². The van der Waals surface area contributed by atoms with Crippen LogP contribution in [0.1, 0.15) is 48.9 Å². The van der Waals surface area contributed by atoms with Crippen molar-refractivity contribution in [2.45, 2.75) is 52.4 Å². The maximum absolute atomic E-state index is 13.4. The number of hydrogen-bond donors (Lipinski definition) is 0. The van der Waals surface area contributed by atoms with Gasteiger partial charge in [-0.2, -0.15) is 0 Å². The van der Waals surface area contributed by atoms with E-state index in [-0.39, 0.29) is 5.56 Å². The highest BCUT2D eigenvalue weighted by molar-refractivity contribution is 5.88. The second kappa shape index (κ2) is 6.78. The first kappa shape index (κ1) is 18.5. The summed E-state index contributed by atoms with van der Waals surface area (Å²) < 4.78 is 13.9. The third-order valence-corrected chi connectivity index (χ3v) is 6.34. The number of fused-ring (bicyclic) bond motifs is 4. The number of ether oxygens (including phenoxy) is 2. The van der Waals surface area contributed by atoms with Crippen LogP contribution in [0.25, 0.3) is 22.3 Å². The number of rotatable bonds is 4. The zero-order valence-electron chi connectivity index (χ0n) is 17.2. The van der Waals surface area contributed by atoms with Gasteiger partial charge in [0.25, 0.3) is 5.56 Å². The molecule has 29 heavy (non-hydrogen) atoms. The summed E-state index contributed by atoms with van der Waals surface area (Å²) in [5, 5.41) is 1.19. The maximum Gasteiger partial charge on any atom is 0.254 e. The lowest BCUT2D eigenvalue weighted by atomic mass is 9.95. The van der Waals surface area contributed by atoms with E-state index in [9.17, 15) is 4.79 Å². The Morgan fingerprint density at radius 3 is 2.66 bits per heavy atom. The summed E-state index contributed by atoms with van der Waals surface area (Å²) in [6.45, 7) is 7.79. The summed E-state index contributed by atoms with van der Waals surface area (Å²) >= 11 is 0. The fourth-order valence-corrected chi connectivity index (χ4v) is 4.90. The van der Waals surface area contributed by atoms with Crippen LogP contribution in [-0.4, -0.2) is 22.8 Å². The van der Waals surface area contributed by atoms with E-state index in [1.54, 1.807) is 0 Å². The van der Waals surface area contributed by atoms with Crippen LogP contribution in [0.3, 0.4) is 0 Å². The van der Waals surface area contributed by atoms with Crippen molar-refractivity contribution in [3.8, 4) is 11.4 Å². The van der Waals surface area contributed by atoms with Crippen LogP contribution in [0.15, 0.2) is 35.1 Å². The summed E-state index contributed by atoms with van der Waals surface area (Å²) in [6, 6.07) is 10.4. The van der Waals surface area contributed by atoms with E-state index in [1.165, 1.54) is 16.5 Å². The first-order chi connectivity index (χ1) is 14.1. The Kier molecular flexibility index (Phi) is 4.33. The Bertz CT molecular complexity index is 1170. The average molecular weight is 390 g/mol. The highest BCUT2D eigenvalue weighted by atomic mass is 16.7. The Labute approximate surface area is 170 Å². The number of hydrogen-bond acceptors (Lipinski definition) is 4. The van der Waals surface area contributed by atoms with Crippen LogP contribution < -0.4 is 5.56 Å². The largest absolute Gasteiger partial charge is 0.343 e. The minimum atomic E-state index is -0.829. The smallest absolute Gasteiger partial charge is 0.254 e. The fraction of sp³-hybridized carbons (Fsp3) is 0.417. The molecule has 0 N–H and O–H groups in total. The van der Waals surface area contributed by atoms with Gasteiger partial charge in [-0.15, -0.1) is 0 Å². The fourth-order valence-electron chi connectivity index (χ4n) is 4.90. The van der Waals surface area contributed by atoms with Gasteiger partial charge in [-0.3, -0.25) is 4.79 Å². The number of pyridine rings is 2. The minimum Gasteiger partial charge on any atom is -0.343 e. The summed E-state index contributed by atoms with van der Waals surface area (Å²) in [5.41, 5.74) is 6.84. The van der Waals surface area contributed by atoms with Crippen molar-refractivity contribution < 1.29 is 9.47 Å². The first-order valence-electron chi connectivity index (χ1n) is 10.5. The molecule has 2 aliphatic heterocycles. The Hall–Kier alpha value is -2.50. The molecular weight excluding hydrogens is 364 g/mol. The zero-order valence-corrected chi connectivity index (χ0v) is 17.2. The molecule has 2 aromatic heterocycles. The highest BCUT2D eigenvalue weighted by Gasteiger charge is 2.40. The molecule has 3 aromatic rings. The Morgan fingerprint density at radius 1 is 1.17 bits per heavy atom. The standard InChI is InChI=1S/C24H26N2O3/c1-4-8-16-17-9-6-7-10-20(17)25-22-18(16)14-26-21(22)13-19(15(3)23(26)27)24(5-2)28-11-12-29-24/h6-7,9-10,13H,4-5,8,11-12,14H2,1-3H3. The van der Waals surface area contributed by atoms with E-state index in [0.717, 1.165) is 35.3 Å². The molecule has 0 aliphatic carbocycles. The zero-order chi connectivity index (χ0) is 20.2. The summed E-state index contributed by atoms with van der Waals surface area (Å²) in [4.78, 5) is 18.3. The third-order valence-electron chi connectivity index (χ3n) is 6.34. The van der Waals surface area contributed by atoms with E-state index in [4.69, 9.17) is 14.5 Å². The number of nitrogens with zero attached hydrogens (tertiary/aromatic N) is 2. The lowest BCUT2D eigenvalue weighted by molar-refractivity contribution is -0.168. The van der Waals surface area contributed by atoms with E-state index in [0.29, 0.717) is 31.7 Å². The number of benzene rings is 1. The van der Waals surface area contributed by atoms with Crippen LogP contribution in [0.4, 0.5) is 0 Å². The molecule has 1 fully saturated rings. The molecule has 5 nitrogen and oxygen atoms in total. The Morgan fingerprint density at radius 2 is 1.93 bits per heavy atom. The van der Waals surface area contributed by atoms with Crippen LogP contribution in [-0.2, 0) is 28.2 Å². The molecule has 150 valence electrons. The molecule has 1 aromatic carbocycles. The van der Waals surface area contributed by atoms with Gasteiger partial charge in [0.05, 0.1) is 36.7 Å². The normalized spacial score (nSPS) is 16.9. The van der Waals surface area contributed by atoms with Gasteiger partial charge in [-0.1, -0.05) is 38.5 Å². The molecule has 0 atom stereocenters. The molecule has 0 amide bonds.